The van der Waals surface area contributed by atoms with Crippen LogP contribution in [0.15, 0.2) is 18.2 Å². The Bertz CT molecular complexity index is 378. The van der Waals surface area contributed by atoms with E-state index in [1.54, 1.807) is 7.11 Å². The molecule has 1 aliphatic rings. The highest BCUT2D eigenvalue weighted by molar-refractivity contribution is 5.48. The number of methoxy groups -OCH3 is 1. The minimum Gasteiger partial charge on any atom is -0.496 e. The van der Waals surface area contributed by atoms with Gasteiger partial charge < -0.3 is 10.5 Å². The molecule has 17 heavy (non-hydrogen) atoms. The van der Waals surface area contributed by atoms with Crippen molar-refractivity contribution in [2.75, 3.05) is 19.4 Å². The van der Waals surface area contributed by atoms with Gasteiger partial charge in [-0.2, -0.15) is 0 Å². The van der Waals surface area contributed by atoms with Gasteiger partial charge in [-0.3, -0.25) is 4.90 Å². The standard InChI is InChI=1S/C14H22N2O/c1-3-13-5-4-8-16(13)10-11-6-7-12(15)9-14(11)17-2/h6-7,9,13H,3-5,8,10,15H2,1-2H3. The highest BCUT2D eigenvalue weighted by atomic mass is 16.5. The fourth-order valence-electron chi connectivity index (χ4n) is 2.68. The summed E-state index contributed by atoms with van der Waals surface area (Å²) in [7, 11) is 1.71. The molecule has 1 aliphatic heterocycles. The predicted octanol–water partition coefficient (Wildman–Crippen LogP) is 2.65. The Hall–Kier alpha value is -1.22. The van der Waals surface area contributed by atoms with E-state index < -0.39 is 0 Å². The van der Waals surface area contributed by atoms with Crippen molar-refractivity contribution < 1.29 is 4.74 Å². The topological polar surface area (TPSA) is 38.5 Å². The van der Waals surface area contributed by atoms with Gasteiger partial charge in [0, 0.05) is 29.9 Å². The maximum Gasteiger partial charge on any atom is 0.125 e. The first-order chi connectivity index (χ1) is 8.24. The zero-order valence-electron chi connectivity index (χ0n) is 10.8. The van der Waals surface area contributed by atoms with Crippen molar-refractivity contribution in [3.8, 4) is 5.75 Å². The molecule has 94 valence electrons. The van der Waals surface area contributed by atoms with Gasteiger partial charge in [0.2, 0.25) is 0 Å². The van der Waals surface area contributed by atoms with Crippen LogP contribution in [0.25, 0.3) is 0 Å². The third kappa shape index (κ3) is 2.72. The molecule has 1 fully saturated rings. The van der Waals surface area contributed by atoms with E-state index in [1.165, 1.54) is 31.4 Å². The zero-order chi connectivity index (χ0) is 12.3. The van der Waals surface area contributed by atoms with Crippen molar-refractivity contribution in [1.29, 1.82) is 0 Å². The van der Waals surface area contributed by atoms with Crippen LogP contribution in [0.1, 0.15) is 31.7 Å². The number of ether oxygens (including phenoxy) is 1. The molecule has 3 heteroatoms. The maximum atomic E-state index is 5.77. The number of nitrogen functional groups attached to an aromatic ring is 1. The molecule has 0 radical (unpaired) electrons. The molecule has 0 aromatic heterocycles. The number of nitrogens with zero attached hydrogens (tertiary/aromatic N) is 1. The van der Waals surface area contributed by atoms with Crippen LogP contribution in [0, 0.1) is 0 Å². The van der Waals surface area contributed by atoms with Crippen LogP contribution in [0.4, 0.5) is 5.69 Å². The molecule has 0 amide bonds. The molecule has 1 aromatic carbocycles. The van der Waals surface area contributed by atoms with Crippen molar-refractivity contribution >= 4 is 5.69 Å². The lowest BCUT2D eigenvalue weighted by Gasteiger charge is -2.24. The first kappa shape index (κ1) is 12.2. The summed E-state index contributed by atoms with van der Waals surface area (Å²) in [5.74, 6) is 0.909. The van der Waals surface area contributed by atoms with Gasteiger partial charge in [0.1, 0.15) is 5.75 Å². The van der Waals surface area contributed by atoms with Crippen LogP contribution < -0.4 is 10.5 Å². The molecule has 3 nitrogen and oxygen atoms in total. The highest BCUT2D eigenvalue weighted by Crippen LogP contribution is 2.27. The Morgan fingerprint density at radius 2 is 2.29 bits per heavy atom. The van der Waals surface area contributed by atoms with Crippen molar-refractivity contribution in [2.45, 2.75) is 38.8 Å². The van der Waals surface area contributed by atoms with Gasteiger partial charge >= 0.3 is 0 Å². The number of benzene rings is 1. The average molecular weight is 234 g/mol. The normalized spacial score (nSPS) is 20.7. The first-order valence-corrected chi connectivity index (χ1v) is 6.41. The molecule has 0 bridgehead atoms. The lowest BCUT2D eigenvalue weighted by Crippen LogP contribution is -2.28. The molecule has 1 saturated heterocycles. The average Bonchev–Trinajstić information content (AvgIpc) is 2.78. The minimum absolute atomic E-state index is 0.734. The molecule has 1 unspecified atom stereocenters. The summed E-state index contributed by atoms with van der Waals surface area (Å²) in [6.45, 7) is 4.44. The minimum atomic E-state index is 0.734. The van der Waals surface area contributed by atoms with E-state index >= 15 is 0 Å². The van der Waals surface area contributed by atoms with Gasteiger partial charge in [-0.05, 0) is 31.9 Å². The molecule has 0 saturated carbocycles. The molecular weight excluding hydrogens is 212 g/mol. The Morgan fingerprint density at radius 1 is 1.47 bits per heavy atom. The van der Waals surface area contributed by atoms with Crippen molar-refractivity contribution in [3.05, 3.63) is 23.8 Å². The van der Waals surface area contributed by atoms with E-state index in [2.05, 4.69) is 17.9 Å². The van der Waals surface area contributed by atoms with Crippen LogP contribution in [0.3, 0.4) is 0 Å². The second-order valence-corrected chi connectivity index (χ2v) is 4.75. The number of hydrogen-bond donors (Lipinski definition) is 1. The van der Waals surface area contributed by atoms with Crippen molar-refractivity contribution in [2.24, 2.45) is 0 Å². The predicted molar refractivity (Wildman–Crippen MR) is 71.1 cm³/mol. The molecule has 0 aliphatic carbocycles. The Kier molecular flexibility index (Phi) is 3.89. The summed E-state index contributed by atoms with van der Waals surface area (Å²) < 4.78 is 5.40. The second kappa shape index (κ2) is 5.41. The van der Waals surface area contributed by atoms with E-state index in [4.69, 9.17) is 10.5 Å². The van der Waals surface area contributed by atoms with E-state index in [9.17, 15) is 0 Å². The summed E-state index contributed by atoms with van der Waals surface area (Å²) in [5, 5.41) is 0. The van der Waals surface area contributed by atoms with E-state index in [1.807, 2.05) is 12.1 Å². The number of hydrogen-bond acceptors (Lipinski definition) is 3. The largest absolute Gasteiger partial charge is 0.496 e. The molecule has 2 N–H and O–H groups in total. The molecule has 1 heterocycles. The number of likely N-dealkylation sites (tertiary alicyclic amines) is 1. The van der Waals surface area contributed by atoms with E-state index in [-0.39, 0.29) is 0 Å². The van der Waals surface area contributed by atoms with E-state index in [0.29, 0.717) is 0 Å². The quantitative estimate of drug-likeness (QED) is 0.814. The van der Waals surface area contributed by atoms with Gasteiger partial charge in [0.25, 0.3) is 0 Å². The van der Waals surface area contributed by atoms with Crippen LogP contribution in [-0.2, 0) is 6.54 Å². The second-order valence-electron chi connectivity index (χ2n) is 4.75. The number of nitrogens with two attached hydrogens (primary N) is 1. The van der Waals surface area contributed by atoms with E-state index in [0.717, 1.165) is 24.0 Å². The summed E-state index contributed by atoms with van der Waals surface area (Å²) in [5.41, 5.74) is 7.77. The molecule has 1 aromatic rings. The van der Waals surface area contributed by atoms with Gasteiger partial charge in [0.15, 0.2) is 0 Å². The fraction of sp³-hybridized carbons (Fsp3) is 0.571. The van der Waals surface area contributed by atoms with Crippen LogP contribution in [0.2, 0.25) is 0 Å². The number of rotatable bonds is 4. The third-order valence-electron chi connectivity index (χ3n) is 3.65. The smallest absolute Gasteiger partial charge is 0.125 e. The highest BCUT2D eigenvalue weighted by Gasteiger charge is 2.23. The van der Waals surface area contributed by atoms with Crippen molar-refractivity contribution in [3.63, 3.8) is 0 Å². The zero-order valence-corrected chi connectivity index (χ0v) is 10.8. The Morgan fingerprint density at radius 3 is 3.00 bits per heavy atom. The molecule has 0 spiro atoms. The summed E-state index contributed by atoms with van der Waals surface area (Å²) in [6.07, 6.45) is 3.88. The van der Waals surface area contributed by atoms with Crippen LogP contribution in [-0.4, -0.2) is 24.6 Å². The van der Waals surface area contributed by atoms with Gasteiger partial charge in [0.05, 0.1) is 7.11 Å². The number of anilines is 1. The van der Waals surface area contributed by atoms with Gasteiger partial charge in [-0.15, -0.1) is 0 Å². The Balaban J connectivity index is 2.12. The third-order valence-corrected chi connectivity index (χ3v) is 3.65. The maximum absolute atomic E-state index is 5.77. The summed E-state index contributed by atoms with van der Waals surface area (Å²) >= 11 is 0. The SMILES string of the molecule is CCC1CCCN1Cc1ccc(N)cc1OC. The molecule has 2 rings (SSSR count). The molecule has 1 atom stereocenters. The first-order valence-electron chi connectivity index (χ1n) is 6.41. The summed E-state index contributed by atoms with van der Waals surface area (Å²) in [4.78, 5) is 2.55. The Labute approximate surface area is 104 Å². The van der Waals surface area contributed by atoms with Crippen molar-refractivity contribution in [1.82, 2.24) is 4.90 Å². The van der Waals surface area contributed by atoms with Gasteiger partial charge in [-0.25, -0.2) is 0 Å². The lowest BCUT2D eigenvalue weighted by molar-refractivity contribution is 0.236. The van der Waals surface area contributed by atoms with Crippen LogP contribution >= 0.6 is 0 Å². The fourth-order valence-corrected chi connectivity index (χ4v) is 2.68. The lowest BCUT2D eigenvalue weighted by atomic mass is 10.1. The summed E-state index contributed by atoms with van der Waals surface area (Å²) in [6, 6.07) is 6.68. The van der Waals surface area contributed by atoms with Crippen LogP contribution in [0.5, 0.6) is 5.75 Å². The molecular formula is C14H22N2O. The monoisotopic (exact) mass is 234 g/mol. The van der Waals surface area contributed by atoms with Gasteiger partial charge in [-0.1, -0.05) is 13.0 Å².